The number of piperidine rings is 1. The largest absolute Gasteiger partial charge is 0.330 e. The Bertz CT molecular complexity index is 1200. The Labute approximate surface area is 206 Å². The topological polar surface area (TPSA) is 131 Å². The maximum atomic E-state index is 13.3. The second-order valence-corrected chi connectivity index (χ2v) is 12.6. The predicted octanol–water partition coefficient (Wildman–Crippen LogP) is 0.123. The zero-order chi connectivity index (χ0) is 25.2. The Hall–Kier alpha value is -2.52. The molecule has 5 rings (SSSR count). The van der Waals surface area contributed by atoms with Gasteiger partial charge in [0.05, 0.1) is 29.1 Å². The van der Waals surface area contributed by atoms with Crippen LogP contribution in [0.15, 0.2) is 29.2 Å². The molecule has 0 spiro atoms. The van der Waals surface area contributed by atoms with Gasteiger partial charge in [0.25, 0.3) is 0 Å². The minimum Gasteiger partial charge on any atom is -0.330 e. The number of sulfonamides is 1. The van der Waals surface area contributed by atoms with Crippen molar-refractivity contribution in [1.29, 1.82) is 5.26 Å². The molecule has 35 heavy (non-hydrogen) atoms. The highest BCUT2D eigenvalue weighted by molar-refractivity contribution is 7.89. The first-order chi connectivity index (χ1) is 16.5. The van der Waals surface area contributed by atoms with Gasteiger partial charge in [-0.3, -0.25) is 14.5 Å². The smallest absolute Gasteiger partial charge is 0.242 e. The molecule has 3 heterocycles. The molecule has 4 fully saturated rings. The van der Waals surface area contributed by atoms with E-state index in [1.807, 2.05) is 22.8 Å². The summed E-state index contributed by atoms with van der Waals surface area (Å²) in [6, 6.07) is 7.33. The fourth-order valence-corrected chi connectivity index (χ4v) is 7.07. The summed E-state index contributed by atoms with van der Waals surface area (Å²) < 4.78 is 26.3. The summed E-state index contributed by atoms with van der Waals surface area (Å²) in [5.74, 6) is 0.218. The highest BCUT2D eigenvalue weighted by atomic mass is 32.2. The zero-order valence-corrected chi connectivity index (χ0v) is 21.1. The summed E-state index contributed by atoms with van der Waals surface area (Å²) in [6.07, 6.45) is 2.35. The number of rotatable bonds is 7. The third-order valence-electron chi connectivity index (χ3n) is 8.11. The molecule has 1 aliphatic carbocycles. The molecular formula is C24H32N6O4S. The van der Waals surface area contributed by atoms with Crippen molar-refractivity contribution in [2.75, 3.05) is 27.2 Å². The van der Waals surface area contributed by atoms with E-state index in [0.29, 0.717) is 18.9 Å². The Kier molecular flexibility index (Phi) is 5.91. The lowest BCUT2D eigenvalue weighted by atomic mass is 10.1. The molecule has 2 bridgehead atoms. The Morgan fingerprint density at radius 3 is 2.69 bits per heavy atom. The molecule has 1 saturated carbocycles. The number of nitriles is 1. The van der Waals surface area contributed by atoms with Gasteiger partial charge in [0.15, 0.2) is 0 Å². The van der Waals surface area contributed by atoms with Gasteiger partial charge in [0.2, 0.25) is 21.8 Å². The van der Waals surface area contributed by atoms with Crippen molar-refractivity contribution in [3.8, 4) is 6.07 Å². The van der Waals surface area contributed by atoms with Crippen molar-refractivity contribution in [1.82, 2.24) is 19.0 Å². The Balaban J connectivity index is 1.25. The van der Waals surface area contributed by atoms with E-state index in [0.717, 1.165) is 18.4 Å². The molecule has 2 amide bonds. The van der Waals surface area contributed by atoms with Gasteiger partial charge in [0, 0.05) is 39.3 Å². The van der Waals surface area contributed by atoms with E-state index in [9.17, 15) is 23.3 Å². The molecule has 10 nitrogen and oxygen atoms in total. The second kappa shape index (κ2) is 8.55. The standard InChI is InChI=1S/C24H32N6O4S/c1-14(15-5-4-6-19(8-15)35(33,34)27(2)3)29-18-10-22(24(29)32)28(12-18)13-20(26)23(31)30-17(11-25)7-16-9-21(16)30/h4-6,8,14,16-18,20-22H,7,9-10,12-13,26H2,1-3H3/t14-,16-,17+,18+,20+,21?,22+/m1/s1. The number of amides is 2. The summed E-state index contributed by atoms with van der Waals surface area (Å²) in [5.41, 5.74) is 7.06. The number of carbonyl (C=O) groups is 2. The summed E-state index contributed by atoms with van der Waals surface area (Å²) in [5, 5.41) is 9.39. The number of fused-ring (bicyclic) bond motifs is 3. The number of nitrogens with two attached hydrogens (primary N) is 1. The first kappa shape index (κ1) is 24.2. The molecule has 0 aromatic heterocycles. The van der Waals surface area contributed by atoms with Gasteiger partial charge in [-0.2, -0.15) is 5.26 Å². The van der Waals surface area contributed by atoms with Crippen LogP contribution in [0.25, 0.3) is 0 Å². The summed E-state index contributed by atoms with van der Waals surface area (Å²) in [4.78, 5) is 32.1. The molecular weight excluding hydrogens is 468 g/mol. The Morgan fingerprint density at radius 1 is 1.29 bits per heavy atom. The van der Waals surface area contributed by atoms with Crippen LogP contribution in [0.4, 0.5) is 0 Å². The van der Waals surface area contributed by atoms with Crippen LogP contribution in [-0.4, -0.2) is 96.6 Å². The number of likely N-dealkylation sites (tertiary alicyclic amines) is 3. The molecule has 1 aromatic rings. The number of benzene rings is 1. The average molecular weight is 501 g/mol. The van der Waals surface area contributed by atoms with E-state index in [1.165, 1.54) is 18.4 Å². The molecule has 188 valence electrons. The summed E-state index contributed by atoms with van der Waals surface area (Å²) >= 11 is 0. The lowest BCUT2D eigenvalue weighted by Crippen LogP contribution is -2.57. The molecule has 2 N–H and O–H groups in total. The molecule has 7 atom stereocenters. The quantitative estimate of drug-likeness (QED) is 0.563. The van der Waals surface area contributed by atoms with Crippen molar-refractivity contribution in [3.05, 3.63) is 29.8 Å². The van der Waals surface area contributed by atoms with Gasteiger partial charge in [-0.05, 0) is 49.8 Å². The molecule has 11 heteroatoms. The number of nitrogens with zero attached hydrogens (tertiary/aromatic N) is 5. The van der Waals surface area contributed by atoms with E-state index in [1.54, 1.807) is 23.1 Å². The molecule has 3 aliphatic heterocycles. The lowest BCUT2D eigenvalue weighted by molar-refractivity contribution is -0.141. The summed E-state index contributed by atoms with van der Waals surface area (Å²) in [6.45, 7) is 2.82. The SMILES string of the molecule is C[C@H](c1cccc(S(=O)(=O)N(C)C)c1)N1C(=O)[C@@H]2C[C@H]1CN2C[C@H](N)C(=O)N1C2C[C@H]2C[C@H]1C#N. The zero-order valence-electron chi connectivity index (χ0n) is 20.2. The van der Waals surface area contributed by atoms with Crippen LogP contribution in [0.3, 0.4) is 0 Å². The molecule has 3 saturated heterocycles. The van der Waals surface area contributed by atoms with Crippen molar-refractivity contribution in [3.63, 3.8) is 0 Å². The van der Waals surface area contributed by atoms with Crippen LogP contribution in [-0.2, 0) is 19.6 Å². The van der Waals surface area contributed by atoms with Crippen LogP contribution in [0.2, 0.25) is 0 Å². The summed E-state index contributed by atoms with van der Waals surface area (Å²) in [7, 11) is -0.590. The van der Waals surface area contributed by atoms with Gasteiger partial charge < -0.3 is 15.5 Å². The average Bonchev–Trinajstić information content (AvgIpc) is 3.15. The fourth-order valence-electron chi connectivity index (χ4n) is 6.12. The normalized spacial score (nSPS) is 31.5. The Morgan fingerprint density at radius 2 is 2.03 bits per heavy atom. The lowest BCUT2D eigenvalue weighted by Gasteiger charge is -2.38. The predicted molar refractivity (Wildman–Crippen MR) is 127 cm³/mol. The minimum atomic E-state index is -3.57. The van der Waals surface area contributed by atoms with Gasteiger partial charge in [-0.25, -0.2) is 12.7 Å². The number of piperazine rings is 1. The third-order valence-corrected chi connectivity index (χ3v) is 9.92. The van der Waals surface area contributed by atoms with Crippen molar-refractivity contribution in [2.45, 2.75) is 67.3 Å². The maximum absolute atomic E-state index is 13.3. The number of hydrogen-bond donors (Lipinski definition) is 1. The van der Waals surface area contributed by atoms with Crippen LogP contribution < -0.4 is 5.73 Å². The maximum Gasteiger partial charge on any atom is 0.242 e. The van der Waals surface area contributed by atoms with Gasteiger partial charge >= 0.3 is 0 Å². The molecule has 0 radical (unpaired) electrons. The van der Waals surface area contributed by atoms with Gasteiger partial charge in [0.1, 0.15) is 6.04 Å². The highest BCUT2D eigenvalue weighted by Gasteiger charge is 2.56. The van der Waals surface area contributed by atoms with E-state index in [2.05, 4.69) is 6.07 Å². The molecule has 4 aliphatic rings. The minimum absolute atomic E-state index is 0.0207. The van der Waals surface area contributed by atoms with Crippen LogP contribution in [0.1, 0.15) is 37.8 Å². The van der Waals surface area contributed by atoms with Crippen LogP contribution in [0.5, 0.6) is 0 Å². The second-order valence-electron chi connectivity index (χ2n) is 10.4. The molecule has 1 aromatic carbocycles. The van der Waals surface area contributed by atoms with Crippen molar-refractivity contribution >= 4 is 21.8 Å². The van der Waals surface area contributed by atoms with Gasteiger partial charge in [-0.1, -0.05) is 12.1 Å². The monoisotopic (exact) mass is 500 g/mol. The number of carbonyl (C=O) groups excluding carboxylic acids is 2. The van der Waals surface area contributed by atoms with E-state index >= 15 is 0 Å². The van der Waals surface area contributed by atoms with E-state index in [-0.39, 0.29) is 47.4 Å². The first-order valence-electron chi connectivity index (χ1n) is 12.1. The van der Waals surface area contributed by atoms with Crippen molar-refractivity contribution in [2.24, 2.45) is 11.7 Å². The number of hydrogen-bond acceptors (Lipinski definition) is 7. The fraction of sp³-hybridized carbons (Fsp3) is 0.625. The van der Waals surface area contributed by atoms with Crippen LogP contribution >= 0.6 is 0 Å². The van der Waals surface area contributed by atoms with Crippen LogP contribution in [0, 0.1) is 17.2 Å². The molecule has 1 unspecified atom stereocenters. The first-order valence-corrected chi connectivity index (χ1v) is 13.5. The third kappa shape index (κ3) is 3.93. The van der Waals surface area contributed by atoms with Crippen molar-refractivity contribution < 1.29 is 18.0 Å². The highest BCUT2D eigenvalue weighted by Crippen LogP contribution is 2.48. The van der Waals surface area contributed by atoms with Gasteiger partial charge in [-0.15, -0.1) is 0 Å². The van der Waals surface area contributed by atoms with E-state index in [4.69, 9.17) is 5.73 Å². The van der Waals surface area contributed by atoms with E-state index < -0.39 is 22.1 Å².